The first-order chi connectivity index (χ1) is 9.06. The molecule has 0 bridgehead atoms. The van der Waals surface area contributed by atoms with Crippen molar-refractivity contribution in [1.29, 1.82) is 0 Å². The summed E-state index contributed by atoms with van der Waals surface area (Å²) in [5.74, 6) is 0.591. The molecule has 2 heterocycles. The van der Waals surface area contributed by atoms with Crippen molar-refractivity contribution in [1.82, 2.24) is 4.98 Å². The minimum atomic E-state index is -0.477. The Morgan fingerprint density at radius 3 is 2.89 bits per heavy atom. The highest BCUT2D eigenvalue weighted by atomic mass is 79.9. The number of hydrogen-bond donors (Lipinski definition) is 1. The third-order valence-electron chi connectivity index (χ3n) is 2.33. The van der Waals surface area contributed by atoms with Gasteiger partial charge in [-0.3, -0.25) is 10.1 Å². The van der Waals surface area contributed by atoms with Crippen LogP contribution in [-0.4, -0.2) is 16.5 Å². The maximum absolute atomic E-state index is 10.6. The average molecular weight is 363 g/mol. The van der Waals surface area contributed by atoms with Crippen LogP contribution in [0, 0.1) is 10.1 Å². The Kier molecular flexibility index (Phi) is 4.73. The monoisotopic (exact) mass is 361 g/mol. The van der Waals surface area contributed by atoms with Gasteiger partial charge in [0.05, 0.1) is 13.7 Å². The van der Waals surface area contributed by atoms with E-state index in [0.717, 1.165) is 10.8 Å². The number of anilines is 1. The maximum atomic E-state index is 10.6. The molecule has 100 valence electrons. The molecule has 0 aromatic carbocycles. The summed E-state index contributed by atoms with van der Waals surface area (Å²) in [4.78, 5) is 15.3. The van der Waals surface area contributed by atoms with E-state index < -0.39 is 4.92 Å². The first-order valence-electron chi connectivity index (χ1n) is 5.34. The van der Waals surface area contributed by atoms with Gasteiger partial charge in [-0.05, 0) is 34.5 Å². The smallest absolute Gasteiger partial charge is 0.288 e. The molecule has 0 saturated carbocycles. The van der Waals surface area contributed by atoms with Gasteiger partial charge < -0.3 is 5.32 Å². The molecule has 0 amide bonds. The van der Waals surface area contributed by atoms with Crippen LogP contribution in [0.15, 0.2) is 28.9 Å². The van der Waals surface area contributed by atoms with Crippen LogP contribution in [0.2, 0.25) is 4.34 Å². The van der Waals surface area contributed by atoms with Gasteiger partial charge in [0.2, 0.25) is 0 Å². The summed E-state index contributed by atoms with van der Waals surface area (Å²) in [5, 5.41) is 13.7. The van der Waals surface area contributed by atoms with Gasteiger partial charge >= 0.3 is 0 Å². The molecule has 5 nitrogen and oxygen atoms in total. The maximum Gasteiger partial charge on any atom is 0.288 e. The number of aromatic nitrogens is 1. The van der Waals surface area contributed by atoms with Crippen LogP contribution < -0.4 is 5.32 Å². The second kappa shape index (κ2) is 6.31. The highest BCUT2D eigenvalue weighted by Crippen LogP contribution is 2.25. The van der Waals surface area contributed by atoms with Gasteiger partial charge in [-0.1, -0.05) is 11.6 Å². The van der Waals surface area contributed by atoms with Crippen molar-refractivity contribution in [3.63, 3.8) is 0 Å². The molecule has 0 atom stereocenters. The lowest BCUT2D eigenvalue weighted by atomic mass is 10.3. The van der Waals surface area contributed by atoms with Crippen LogP contribution in [0.1, 0.15) is 4.88 Å². The Hall–Kier alpha value is -1.18. The van der Waals surface area contributed by atoms with E-state index in [9.17, 15) is 10.1 Å². The van der Waals surface area contributed by atoms with Crippen molar-refractivity contribution in [3.8, 4) is 0 Å². The molecule has 8 heteroatoms. The molecule has 2 rings (SSSR count). The highest BCUT2D eigenvalue weighted by molar-refractivity contribution is 9.10. The summed E-state index contributed by atoms with van der Waals surface area (Å²) in [6, 6.07) is 5.27. The van der Waals surface area contributed by atoms with Gasteiger partial charge in [0.25, 0.3) is 5.69 Å². The van der Waals surface area contributed by atoms with Gasteiger partial charge in [0.15, 0.2) is 0 Å². The largest absolute Gasteiger partial charge is 0.369 e. The Bertz CT molecular complexity index is 605. The lowest BCUT2D eigenvalue weighted by molar-refractivity contribution is -0.385. The van der Waals surface area contributed by atoms with Crippen LogP contribution in [0.25, 0.3) is 0 Å². The van der Waals surface area contributed by atoms with E-state index in [2.05, 4.69) is 26.2 Å². The second-order valence-corrected chi connectivity index (χ2v) is 6.32. The van der Waals surface area contributed by atoms with E-state index in [0.29, 0.717) is 16.8 Å². The SMILES string of the molecule is O=[N+]([O-])c1cnc(NCCc2ccc(Cl)s2)c(Br)c1. The molecule has 0 fully saturated rings. The summed E-state index contributed by atoms with van der Waals surface area (Å²) in [6.07, 6.45) is 2.05. The van der Waals surface area contributed by atoms with E-state index in [-0.39, 0.29) is 5.69 Å². The summed E-state index contributed by atoms with van der Waals surface area (Å²) in [5.41, 5.74) is -0.0394. The summed E-state index contributed by atoms with van der Waals surface area (Å²) in [6.45, 7) is 0.681. The number of nitro groups is 1. The molecule has 2 aromatic rings. The van der Waals surface area contributed by atoms with Crippen molar-refractivity contribution >= 4 is 50.4 Å². The zero-order valence-corrected chi connectivity index (χ0v) is 12.8. The molecule has 0 aliphatic carbocycles. The quantitative estimate of drug-likeness (QED) is 0.641. The van der Waals surface area contributed by atoms with Crippen LogP contribution in [0.5, 0.6) is 0 Å². The van der Waals surface area contributed by atoms with Crippen LogP contribution in [-0.2, 0) is 6.42 Å². The third kappa shape index (κ3) is 3.89. The van der Waals surface area contributed by atoms with Crippen molar-refractivity contribution in [3.05, 3.63) is 48.2 Å². The lowest BCUT2D eigenvalue weighted by Crippen LogP contribution is -2.06. The molecule has 2 aromatic heterocycles. The average Bonchev–Trinajstić information content (AvgIpc) is 2.77. The van der Waals surface area contributed by atoms with E-state index in [1.807, 2.05) is 12.1 Å². The molecule has 0 aliphatic heterocycles. The summed E-state index contributed by atoms with van der Waals surface area (Å²) >= 11 is 10.6. The molecular weight excluding hydrogens is 354 g/mol. The minimum Gasteiger partial charge on any atom is -0.369 e. The fourth-order valence-electron chi connectivity index (χ4n) is 1.45. The second-order valence-electron chi connectivity index (χ2n) is 3.66. The Morgan fingerprint density at radius 1 is 1.53 bits per heavy atom. The van der Waals surface area contributed by atoms with E-state index in [4.69, 9.17) is 11.6 Å². The van der Waals surface area contributed by atoms with Crippen LogP contribution in [0.3, 0.4) is 0 Å². The predicted octanol–water partition coefficient (Wildman–Crippen LogP) is 4.12. The number of hydrogen-bond acceptors (Lipinski definition) is 5. The van der Waals surface area contributed by atoms with Gasteiger partial charge in [0, 0.05) is 17.5 Å². The molecular formula is C11H9BrClN3O2S. The summed E-state index contributed by atoms with van der Waals surface area (Å²) in [7, 11) is 0. The Morgan fingerprint density at radius 2 is 2.32 bits per heavy atom. The summed E-state index contributed by atoms with van der Waals surface area (Å²) < 4.78 is 1.34. The number of rotatable bonds is 5. The van der Waals surface area contributed by atoms with Crippen LogP contribution in [0.4, 0.5) is 11.5 Å². The van der Waals surface area contributed by atoms with E-state index in [1.54, 1.807) is 0 Å². The predicted molar refractivity (Wildman–Crippen MR) is 80.1 cm³/mol. The minimum absolute atomic E-state index is 0.0394. The lowest BCUT2D eigenvalue weighted by Gasteiger charge is -2.06. The zero-order chi connectivity index (χ0) is 13.8. The van der Waals surface area contributed by atoms with Gasteiger partial charge in [-0.25, -0.2) is 4.98 Å². The first kappa shape index (κ1) is 14.2. The fourth-order valence-corrected chi connectivity index (χ4v) is 3.01. The third-order valence-corrected chi connectivity index (χ3v) is 4.23. The zero-order valence-electron chi connectivity index (χ0n) is 9.60. The topological polar surface area (TPSA) is 68.1 Å². The Balaban J connectivity index is 1.94. The first-order valence-corrected chi connectivity index (χ1v) is 7.33. The van der Waals surface area contributed by atoms with Crippen molar-refractivity contribution in [2.45, 2.75) is 6.42 Å². The Labute approximate surface area is 126 Å². The molecule has 0 spiro atoms. The van der Waals surface area contributed by atoms with Crippen molar-refractivity contribution in [2.75, 3.05) is 11.9 Å². The van der Waals surface area contributed by atoms with Gasteiger partial charge in [-0.2, -0.15) is 0 Å². The number of thiophene rings is 1. The molecule has 1 N–H and O–H groups in total. The van der Waals surface area contributed by atoms with E-state index >= 15 is 0 Å². The standard InChI is InChI=1S/C11H9BrClN3O2S/c12-9-5-7(16(17)18)6-15-11(9)14-4-3-8-1-2-10(13)19-8/h1-2,5-6H,3-4H2,(H,14,15). The number of pyridine rings is 1. The van der Waals surface area contributed by atoms with Crippen molar-refractivity contribution < 1.29 is 4.92 Å². The molecule has 19 heavy (non-hydrogen) atoms. The van der Waals surface area contributed by atoms with Crippen LogP contribution >= 0.6 is 38.9 Å². The molecule has 0 radical (unpaired) electrons. The van der Waals surface area contributed by atoms with E-state index in [1.165, 1.54) is 28.5 Å². The number of halogens is 2. The molecule has 0 aliphatic rings. The van der Waals surface area contributed by atoms with Gasteiger partial charge in [0.1, 0.15) is 12.0 Å². The number of nitrogens with one attached hydrogen (secondary N) is 1. The molecule has 0 unspecified atom stereocenters. The normalized spacial score (nSPS) is 10.4. The highest BCUT2D eigenvalue weighted by Gasteiger charge is 2.10. The van der Waals surface area contributed by atoms with Crippen molar-refractivity contribution in [2.24, 2.45) is 0 Å². The fraction of sp³-hybridized carbons (Fsp3) is 0.182. The van der Waals surface area contributed by atoms with Gasteiger partial charge in [-0.15, -0.1) is 11.3 Å². The number of nitrogens with zero attached hydrogens (tertiary/aromatic N) is 2. The molecule has 0 saturated heterocycles.